The van der Waals surface area contributed by atoms with Crippen LogP contribution in [0.4, 0.5) is 0 Å². The van der Waals surface area contributed by atoms with Gasteiger partial charge in [0.05, 0.1) is 6.04 Å². The predicted octanol–water partition coefficient (Wildman–Crippen LogP) is 3.87. The summed E-state index contributed by atoms with van der Waals surface area (Å²) < 4.78 is 5.53. The Bertz CT molecular complexity index is 737. The van der Waals surface area contributed by atoms with Gasteiger partial charge in [-0.1, -0.05) is 25.4 Å². The first-order chi connectivity index (χ1) is 11.8. The summed E-state index contributed by atoms with van der Waals surface area (Å²) in [4.78, 5) is 25.0. The molecule has 0 radical (unpaired) electrons. The molecule has 25 heavy (non-hydrogen) atoms. The lowest BCUT2D eigenvalue weighted by molar-refractivity contribution is -0.124. The number of furan rings is 1. The second kappa shape index (κ2) is 8.21. The molecule has 0 aliphatic carbocycles. The van der Waals surface area contributed by atoms with Gasteiger partial charge in [0.1, 0.15) is 17.6 Å². The van der Waals surface area contributed by atoms with E-state index in [2.05, 4.69) is 10.6 Å². The van der Waals surface area contributed by atoms with Crippen molar-refractivity contribution in [1.82, 2.24) is 10.6 Å². The molecule has 0 saturated carbocycles. The van der Waals surface area contributed by atoms with Crippen molar-refractivity contribution in [1.29, 1.82) is 0 Å². The minimum Gasteiger partial charge on any atom is -0.464 e. The van der Waals surface area contributed by atoms with E-state index in [1.807, 2.05) is 39.8 Å². The fourth-order valence-corrected chi connectivity index (χ4v) is 2.55. The van der Waals surface area contributed by atoms with Crippen LogP contribution in [0.2, 0.25) is 5.02 Å². The van der Waals surface area contributed by atoms with Gasteiger partial charge in [0.2, 0.25) is 5.91 Å². The number of nitrogens with one attached hydrogen (secondary N) is 2. The van der Waals surface area contributed by atoms with Crippen molar-refractivity contribution in [2.24, 2.45) is 5.92 Å². The first-order valence-corrected chi connectivity index (χ1v) is 8.59. The summed E-state index contributed by atoms with van der Waals surface area (Å²) >= 11 is 5.84. The first-order valence-electron chi connectivity index (χ1n) is 8.21. The van der Waals surface area contributed by atoms with E-state index < -0.39 is 6.04 Å². The van der Waals surface area contributed by atoms with Crippen molar-refractivity contribution < 1.29 is 14.0 Å². The fourth-order valence-electron chi connectivity index (χ4n) is 2.42. The molecule has 1 aromatic heterocycles. The third-order valence-corrected chi connectivity index (χ3v) is 4.14. The maximum Gasteiger partial charge on any atom is 0.251 e. The zero-order valence-electron chi connectivity index (χ0n) is 14.8. The first kappa shape index (κ1) is 19.1. The molecule has 2 N–H and O–H groups in total. The maximum atomic E-state index is 12.6. The molecule has 2 rings (SSSR count). The van der Waals surface area contributed by atoms with Gasteiger partial charge >= 0.3 is 0 Å². The second-order valence-electron chi connectivity index (χ2n) is 6.38. The van der Waals surface area contributed by atoms with Crippen molar-refractivity contribution in [3.05, 3.63) is 58.5 Å². The van der Waals surface area contributed by atoms with Gasteiger partial charge in [-0.15, -0.1) is 0 Å². The molecular formula is C19H23ClN2O3. The molecule has 0 fully saturated rings. The van der Waals surface area contributed by atoms with Crippen molar-refractivity contribution in [2.75, 3.05) is 0 Å². The van der Waals surface area contributed by atoms with Crippen LogP contribution in [-0.2, 0) is 4.79 Å². The van der Waals surface area contributed by atoms with E-state index >= 15 is 0 Å². The van der Waals surface area contributed by atoms with Crippen molar-refractivity contribution in [3.8, 4) is 0 Å². The van der Waals surface area contributed by atoms with Crippen LogP contribution in [-0.4, -0.2) is 17.9 Å². The fraction of sp³-hybridized carbons (Fsp3) is 0.368. The number of halogens is 1. The molecule has 0 aliphatic rings. The number of hydrogen-bond acceptors (Lipinski definition) is 3. The number of rotatable bonds is 6. The minimum atomic E-state index is -0.651. The average molecular weight is 363 g/mol. The summed E-state index contributed by atoms with van der Waals surface area (Å²) in [5.41, 5.74) is 0.456. The Morgan fingerprint density at radius 3 is 2.16 bits per heavy atom. The van der Waals surface area contributed by atoms with E-state index in [0.717, 1.165) is 5.76 Å². The Morgan fingerprint density at radius 1 is 1.00 bits per heavy atom. The molecule has 2 atom stereocenters. The van der Waals surface area contributed by atoms with Crippen molar-refractivity contribution >= 4 is 23.4 Å². The van der Waals surface area contributed by atoms with Gasteiger partial charge in [0.25, 0.3) is 5.91 Å². The van der Waals surface area contributed by atoms with Crippen LogP contribution < -0.4 is 10.6 Å². The van der Waals surface area contributed by atoms with E-state index in [1.165, 1.54) is 0 Å². The summed E-state index contributed by atoms with van der Waals surface area (Å²) in [7, 11) is 0. The van der Waals surface area contributed by atoms with Crippen molar-refractivity contribution in [3.63, 3.8) is 0 Å². The van der Waals surface area contributed by atoms with E-state index in [4.69, 9.17) is 16.0 Å². The summed E-state index contributed by atoms with van der Waals surface area (Å²) in [5, 5.41) is 6.23. The van der Waals surface area contributed by atoms with Crippen molar-refractivity contribution in [2.45, 2.75) is 39.8 Å². The predicted molar refractivity (Wildman–Crippen MR) is 97.5 cm³/mol. The van der Waals surface area contributed by atoms with Crippen LogP contribution in [0, 0.1) is 12.8 Å². The average Bonchev–Trinajstić information content (AvgIpc) is 2.99. The summed E-state index contributed by atoms with van der Waals surface area (Å²) in [5.74, 6) is 0.831. The zero-order valence-corrected chi connectivity index (χ0v) is 15.6. The quantitative estimate of drug-likeness (QED) is 0.819. The van der Waals surface area contributed by atoms with Gasteiger partial charge in [-0.05, 0) is 56.2 Å². The monoisotopic (exact) mass is 362 g/mol. The number of benzene rings is 1. The lowest BCUT2D eigenvalue weighted by Crippen LogP contribution is -2.50. The molecule has 2 unspecified atom stereocenters. The number of carbonyl (C=O) groups excluding carboxylic acids is 2. The van der Waals surface area contributed by atoms with E-state index in [0.29, 0.717) is 16.3 Å². The van der Waals surface area contributed by atoms with Crippen LogP contribution >= 0.6 is 11.6 Å². The Morgan fingerprint density at radius 2 is 1.64 bits per heavy atom. The Kier molecular flexibility index (Phi) is 6.26. The third-order valence-electron chi connectivity index (χ3n) is 3.89. The Hall–Kier alpha value is -2.27. The molecular weight excluding hydrogens is 340 g/mol. The third kappa shape index (κ3) is 5.10. The van der Waals surface area contributed by atoms with Crippen LogP contribution in [0.5, 0.6) is 0 Å². The second-order valence-corrected chi connectivity index (χ2v) is 6.82. The van der Waals surface area contributed by atoms with Gasteiger partial charge < -0.3 is 15.1 Å². The van der Waals surface area contributed by atoms with Crippen LogP contribution in [0.15, 0.2) is 40.8 Å². The molecule has 2 aromatic rings. The highest BCUT2D eigenvalue weighted by Crippen LogP contribution is 2.16. The SMILES string of the molecule is Cc1ccc(C(C)NC(=O)C(NC(=O)c2ccc(Cl)cc2)C(C)C)o1. The largest absolute Gasteiger partial charge is 0.464 e. The van der Waals surface area contributed by atoms with Crippen LogP contribution in [0.3, 0.4) is 0 Å². The van der Waals surface area contributed by atoms with E-state index in [9.17, 15) is 9.59 Å². The van der Waals surface area contributed by atoms with Gasteiger partial charge in [0.15, 0.2) is 0 Å². The summed E-state index contributed by atoms with van der Waals surface area (Å²) in [6, 6.07) is 9.28. The van der Waals surface area contributed by atoms with Gasteiger partial charge in [-0.25, -0.2) is 0 Å². The highest BCUT2D eigenvalue weighted by molar-refractivity contribution is 6.30. The molecule has 0 bridgehead atoms. The summed E-state index contributed by atoms with van der Waals surface area (Å²) in [6.45, 7) is 7.46. The van der Waals surface area contributed by atoms with Crippen LogP contribution in [0.25, 0.3) is 0 Å². The normalized spacial score (nSPS) is 13.4. The number of carbonyl (C=O) groups is 2. The zero-order chi connectivity index (χ0) is 18.6. The standard InChI is InChI=1S/C19H23ClN2O3/c1-11(2)17(22-18(23)14-6-8-15(20)9-7-14)19(24)21-13(4)16-10-5-12(3)25-16/h5-11,13,17H,1-4H3,(H,21,24)(H,22,23). The lowest BCUT2D eigenvalue weighted by Gasteiger charge is -2.23. The van der Waals surface area contributed by atoms with E-state index in [-0.39, 0.29) is 23.8 Å². The minimum absolute atomic E-state index is 0.0678. The molecule has 1 heterocycles. The maximum absolute atomic E-state index is 12.6. The molecule has 6 heteroatoms. The highest BCUT2D eigenvalue weighted by atomic mass is 35.5. The Labute approximate surface area is 152 Å². The molecule has 5 nitrogen and oxygen atoms in total. The van der Waals surface area contributed by atoms with Gasteiger partial charge in [0, 0.05) is 10.6 Å². The number of amides is 2. The topological polar surface area (TPSA) is 71.3 Å². The molecule has 1 aromatic carbocycles. The molecule has 134 valence electrons. The summed E-state index contributed by atoms with van der Waals surface area (Å²) in [6.07, 6.45) is 0. The number of aryl methyl sites for hydroxylation is 1. The van der Waals surface area contributed by atoms with E-state index in [1.54, 1.807) is 24.3 Å². The van der Waals surface area contributed by atoms with Gasteiger partial charge in [-0.2, -0.15) is 0 Å². The van der Waals surface area contributed by atoms with Gasteiger partial charge in [-0.3, -0.25) is 9.59 Å². The molecule has 0 saturated heterocycles. The Balaban J connectivity index is 2.05. The van der Waals surface area contributed by atoms with Crippen LogP contribution in [0.1, 0.15) is 48.7 Å². The molecule has 0 spiro atoms. The smallest absolute Gasteiger partial charge is 0.251 e. The lowest BCUT2D eigenvalue weighted by atomic mass is 10.0. The highest BCUT2D eigenvalue weighted by Gasteiger charge is 2.26. The molecule has 0 aliphatic heterocycles. The molecule has 2 amide bonds. The number of hydrogen-bond donors (Lipinski definition) is 2.